The fraction of sp³-hybridized carbons (Fsp3) is 0.440. The van der Waals surface area contributed by atoms with Gasteiger partial charge < -0.3 is 19.7 Å². The van der Waals surface area contributed by atoms with Crippen LogP contribution in [0.1, 0.15) is 26.3 Å². The van der Waals surface area contributed by atoms with Gasteiger partial charge in [0.1, 0.15) is 25.8 Å². The van der Waals surface area contributed by atoms with Crippen LogP contribution in [-0.2, 0) is 26.2 Å². The van der Waals surface area contributed by atoms with Crippen LogP contribution in [0.15, 0.2) is 36.4 Å². The minimum atomic E-state index is -3.88. The van der Waals surface area contributed by atoms with E-state index in [1.165, 1.54) is 11.0 Å². The summed E-state index contributed by atoms with van der Waals surface area (Å²) in [7, 11) is -3.88. The number of hydrogen-bond acceptors (Lipinski definition) is 6. The van der Waals surface area contributed by atoms with Gasteiger partial charge in [0.05, 0.1) is 22.0 Å². The fourth-order valence-corrected chi connectivity index (χ4v) is 4.83. The Morgan fingerprint density at radius 2 is 1.68 bits per heavy atom. The molecule has 0 bridgehead atoms. The Morgan fingerprint density at radius 3 is 2.30 bits per heavy atom. The van der Waals surface area contributed by atoms with Crippen molar-refractivity contribution in [3.05, 3.63) is 52.0 Å². The van der Waals surface area contributed by atoms with Gasteiger partial charge in [-0.05, 0) is 42.7 Å². The first kappa shape index (κ1) is 28.9. The lowest BCUT2D eigenvalue weighted by atomic mass is 10.1. The molecule has 0 aliphatic carbocycles. The van der Waals surface area contributed by atoms with Crippen LogP contribution in [0.5, 0.6) is 11.5 Å². The summed E-state index contributed by atoms with van der Waals surface area (Å²) in [5.41, 5.74) is 0.878. The number of ether oxygens (including phenoxy) is 2. The molecule has 0 radical (unpaired) electrons. The Bertz CT molecular complexity index is 1250. The van der Waals surface area contributed by atoms with Gasteiger partial charge >= 0.3 is 0 Å². The van der Waals surface area contributed by atoms with Gasteiger partial charge in [-0.2, -0.15) is 0 Å². The van der Waals surface area contributed by atoms with Gasteiger partial charge in [-0.15, -0.1) is 0 Å². The van der Waals surface area contributed by atoms with Crippen molar-refractivity contribution < 1.29 is 27.5 Å². The molecule has 0 saturated carbocycles. The van der Waals surface area contributed by atoms with Crippen molar-refractivity contribution in [3.8, 4) is 11.5 Å². The average molecular weight is 573 g/mol. The zero-order valence-corrected chi connectivity index (χ0v) is 23.5. The number of carbonyl (C=O) groups excluding carboxylic acids is 2. The molecule has 3 rings (SSSR count). The van der Waals surface area contributed by atoms with Crippen LogP contribution in [0.2, 0.25) is 10.0 Å². The molecule has 2 aromatic rings. The Kier molecular flexibility index (Phi) is 9.55. The lowest BCUT2D eigenvalue weighted by molar-refractivity contribution is -0.139. The molecule has 9 nitrogen and oxygen atoms in total. The third-order valence-electron chi connectivity index (χ3n) is 5.68. The molecule has 1 N–H and O–H groups in total. The molecule has 37 heavy (non-hydrogen) atoms. The number of halogens is 2. The molecule has 0 unspecified atom stereocenters. The monoisotopic (exact) mass is 571 g/mol. The van der Waals surface area contributed by atoms with Crippen molar-refractivity contribution >= 4 is 50.7 Å². The van der Waals surface area contributed by atoms with Crippen LogP contribution in [0, 0.1) is 5.92 Å². The average Bonchev–Trinajstić information content (AvgIpc) is 2.84. The maximum Gasteiger partial charge on any atom is 0.244 e. The lowest BCUT2D eigenvalue weighted by Crippen LogP contribution is -2.51. The van der Waals surface area contributed by atoms with Crippen LogP contribution in [0.25, 0.3) is 0 Å². The van der Waals surface area contributed by atoms with Gasteiger partial charge in [-0.1, -0.05) is 43.1 Å². The lowest BCUT2D eigenvalue weighted by Gasteiger charge is -2.32. The quantitative estimate of drug-likeness (QED) is 0.466. The van der Waals surface area contributed by atoms with E-state index >= 15 is 0 Å². The highest BCUT2D eigenvalue weighted by Crippen LogP contribution is 2.34. The van der Waals surface area contributed by atoms with Crippen molar-refractivity contribution in [2.45, 2.75) is 33.4 Å². The highest BCUT2D eigenvalue weighted by molar-refractivity contribution is 7.92. The highest BCUT2D eigenvalue weighted by Gasteiger charge is 2.31. The largest absolute Gasteiger partial charge is 0.486 e. The maximum absolute atomic E-state index is 13.6. The van der Waals surface area contributed by atoms with Gasteiger partial charge in [-0.3, -0.25) is 13.9 Å². The molecule has 1 aliphatic rings. The van der Waals surface area contributed by atoms with E-state index in [0.717, 1.165) is 10.6 Å². The molecule has 12 heteroatoms. The summed E-state index contributed by atoms with van der Waals surface area (Å²) >= 11 is 12.2. The normalized spacial score (nSPS) is 13.7. The Labute approximate surface area is 227 Å². The summed E-state index contributed by atoms with van der Waals surface area (Å²) < 4.78 is 37.6. The minimum absolute atomic E-state index is 0.0186. The molecular formula is C25H31Cl2N3O6S. The molecule has 202 valence electrons. The smallest absolute Gasteiger partial charge is 0.244 e. The molecule has 2 aromatic carbocycles. The van der Waals surface area contributed by atoms with Gasteiger partial charge in [0.25, 0.3) is 0 Å². The number of nitrogens with zero attached hydrogens (tertiary/aromatic N) is 2. The molecule has 0 aromatic heterocycles. The fourth-order valence-electron chi connectivity index (χ4n) is 3.67. The van der Waals surface area contributed by atoms with Crippen LogP contribution < -0.4 is 19.1 Å². The minimum Gasteiger partial charge on any atom is -0.486 e. The maximum atomic E-state index is 13.6. The summed E-state index contributed by atoms with van der Waals surface area (Å²) in [6.07, 6.45) is 1.01. The Balaban J connectivity index is 1.92. The second-order valence-corrected chi connectivity index (χ2v) is 11.9. The molecule has 1 atom stereocenters. The van der Waals surface area contributed by atoms with Gasteiger partial charge in [0.15, 0.2) is 11.5 Å². The Hall–Kier alpha value is -2.69. The number of benzene rings is 2. The van der Waals surface area contributed by atoms with E-state index in [1.807, 2.05) is 13.8 Å². The molecule has 1 heterocycles. The van der Waals surface area contributed by atoms with E-state index in [4.69, 9.17) is 32.7 Å². The van der Waals surface area contributed by atoms with Crippen LogP contribution in [0.4, 0.5) is 5.69 Å². The van der Waals surface area contributed by atoms with E-state index < -0.39 is 28.5 Å². The molecule has 2 amide bonds. The highest BCUT2D eigenvalue weighted by atomic mass is 35.5. The van der Waals surface area contributed by atoms with Crippen molar-refractivity contribution in [1.29, 1.82) is 0 Å². The summed E-state index contributed by atoms with van der Waals surface area (Å²) in [5, 5.41) is 3.49. The number of anilines is 1. The van der Waals surface area contributed by atoms with Crippen molar-refractivity contribution in [1.82, 2.24) is 10.2 Å². The van der Waals surface area contributed by atoms with Gasteiger partial charge in [0.2, 0.25) is 21.8 Å². The predicted octanol–water partition coefficient (Wildman–Crippen LogP) is 3.72. The first-order valence-electron chi connectivity index (χ1n) is 11.7. The molecule has 0 saturated heterocycles. The number of nitrogens with one attached hydrogen (secondary N) is 1. The molecular weight excluding hydrogens is 541 g/mol. The van der Waals surface area contributed by atoms with Gasteiger partial charge in [-0.25, -0.2) is 8.42 Å². The second-order valence-electron chi connectivity index (χ2n) is 9.18. The predicted molar refractivity (Wildman–Crippen MR) is 144 cm³/mol. The molecule has 1 aliphatic heterocycles. The van der Waals surface area contributed by atoms with Crippen molar-refractivity contribution in [3.63, 3.8) is 0 Å². The summed E-state index contributed by atoms with van der Waals surface area (Å²) in [6, 6.07) is 8.68. The summed E-state index contributed by atoms with van der Waals surface area (Å²) in [4.78, 5) is 27.9. The van der Waals surface area contributed by atoms with Crippen LogP contribution in [-0.4, -0.2) is 63.7 Å². The SMILES string of the molecule is CC(C)CNC(=O)[C@H](C)N(Cc1ccc(Cl)c(Cl)c1)C(=O)CN(c1ccc2c(c1)OCCO2)S(C)(=O)=O. The number of rotatable bonds is 10. The summed E-state index contributed by atoms with van der Waals surface area (Å²) in [6.45, 7) is 6.16. The van der Waals surface area contributed by atoms with Crippen LogP contribution >= 0.6 is 23.2 Å². The number of carbonyl (C=O) groups is 2. The number of sulfonamides is 1. The summed E-state index contributed by atoms with van der Waals surface area (Å²) in [5.74, 6) is 0.169. The zero-order valence-electron chi connectivity index (χ0n) is 21.2. The third kappa shape index (κ3) is 7.66. The Morgan fingerprint density at radius 1 is 1.00 bits per heavy atom. The van der Waals surface area contributed by atoms with E-state index in [-0.39, 0.29) is 24.1 Å². The standard InChI is InChI=1S/C25H31Cl2N3O6S/c1-16(2)13-28-25(32)17(3)29(14-18-5-7-20(26)21(27)11-18)24(31)15-30(37(4,33)34)19-6-8-22-23(12-19)36-10-9-35-22/h5-8,11-12,16-17H,9-10,13-15H2,1-4H3,(H,28,32)/t17-/m0/s1. The van der Waals surface area contributed by atoms with E-state index in [0.29, 0.717) is 46.9 Å². The van der Waals surface area contributed by atoms with E-state index in [2.05, 4.69) is 5.32 Å². The second kappa shape index (κ2) is 12.2. The molecule has 0 fully saturated rings. The van der Waals surface area contributed by atoms with E-state index in [9.17, 15) is 18.0 Å². The topological polar surface area (TPSA) is 105 Å². The van der Waals surface area contributed by atoms with E-state index in [1.54, 1.807) is 37.3 Å². The number of hydrogen-bond donors (Lipinski definition) is 1. The van der Waals surface area contributed by atoms with Crippen molar-refractivity contribution in [2.75, 3.05) is 36.9 Å². The first-order chi connectivity index (χ1) is 17.4. The van der Waals surface area contributed by atoms with Gasteiger partial charge in [0, 0.05) is 19.2 Å². The van der Waals surface area contributed by atoms with Crippen molar-refractivity contribution in [2.24, 2.45) is 5.92 Å². The number of fused-ring (bicyclic) bond motifs is 1. The molecule has 0 spiro atoms. The van der Waals surface area contributed by atoms with Crippen LogP contribution in [0.3, 0.4) is 0 Å². The zero-order chi connectivity index (χ0) is 27.3. The number of amides is 2. The third-order valence-corrected chi connectivity index (χ3v) is 7.56. The first-order valence-corrected chi connectivity index (χ1v) is 14.4.